The fourth-order valence-corrected chi connectivity index (χ4v) is 3.08. The predicted octanol–water partition coefficient (Wildman–Crippen LogP) is 3.47. The second-order valence-corrected chi connectivity index (χ2v) is 5.82. The molecule has 1 aliphatic heterocycles. The number of hydrogen-bond donors (Lipinski definition) is 1. The van der Waals surface area contributed by atoms with Crippen molar-refractivity contribution in [2.75, 3.05) is 12.3 Å². The molecule has 0 aliphatic carbocycles. The normalized spacial score (nSPS) is 19.7. The van der Waals surface area contributed by atoms with Crippen LogP contribution in [-0.4, -0.2) is 12.3 Å². The molecule has 2 rings (SSSR count). The number of nitrogens with one attached hydrogen (secondary N) is 1. The van der Waals surface area contributed by atoms with Crippen molar-refractivity contribution in [3.8, 4) is 0 Å². The molecule has 1 nitrogen and oxygen atoms in total. The first-order chi connectivity index (χ1) is 7.27. The van der Waals surface area contributed by atoms with Gasteiger partial charge in [0, 0.05) is 28.6 Å². The first kappa shape index (κ1) is 11.2. The number of thioether (sulfide) groups is 1. The van der Waals surface area contributed by atoms with E-state index in [-0.39, 0.29) is 0 Å². The summed E-state index contributed by atoms with van der Waals surface area (Å²) in [6.45, 7) is 4.68. The Bertz CT molecular complexity index is 364. The summed E-state index contributed by atoms with van der Waals surface area (Å²) < 4.78 is 1.01. The first-order valence-corrected chi connectivity index (χ1v) is 6.94. The fraction of sp³-hybridized carbons (Fsp3) is 0.333. The zero-order chi connectivity index (χ0) is 10.7. The number of rotatable bonds is 3. The third kappa shape index (κ3) is 2.86. The van der Waals surface area contributed by atoms with E-state index in [2.05, 4.69) is 52.1 Å². The van der Waals surface area contributed by atoms with E-state index in [1.54, 1.807) is 0 Å². The van der Waals surface area contributed by atoms with Gasteiger partial charge in [0.2, 0.25) is 0 Å². The van der Waals surface area contributed by atoms with Crippen LogP contribution in [0.15, 0.2) is 35.3 Å². The molecule has 1 unspecified atom stereocenters. The van der Waals surface area contributed by atoms with Gasteiger partial charge in [-0.3, -0.25) is 0 Å². The van der Waals surface area contributed by atoms with Crippen molar-refractivity contribution in [1.82, 2.24) is 5.32 Å². The van der Waals surface area contributed by atoms with Gasteiger partial charge in [0.05, 0.1) is 0 Å². The van der Waals surface area contributed by atoms with Gasteiger partial charge < -0.3 is 5.32 Å². The molecule has 80 valence electrons. The Hall–Kier alpha value is -0.250. The lowest BCUT2D eigenvalue weighted by Crippen LogP contribution is -2.27. The van der Waals surface area contributed by atoms with Gasteiger partial charge in [-0.2, -0.15) is 11.8 Å². The van der Waals surface area contributed by atoms with E-state index in [1.165, 1.54) is 11.1 Å². The van der Waals surface area contributed by atoms with Crippen molar-refractivity contribution in [2.45, 2.75) is 11.8 Å². The first-order valence-electron chi connectivity index (χ1n) is 4.99. The van der Waals surface area contributed by atoms with Crippen molar-refractivity contribution in [3.63, 3.8) is 0 Å². The molecule has 1 aromatic rings. The van der Waals surface area contributed by atoms with Crippen LogP contribution < -0.4 is 5.32 Å². The Kier molecular flexibility index (Phi) is 3.89. The Morgan fingerprint density at radius 2 is 2.33 bits per heavy atom. The molecule has 3 heteroatoms. The van der Waals surface area contributed by atoms with Crippen LogP contribution in [0.1, 0.15) is 17.2 Å². The molecule has 0 bridgehead atoms. The highest BCUT2D eigenvalue weighted by Gasteiger charge is 2.19. The lowest BCUT2D eigenvalue weighted by Gasteiger charge is -2.26. The summed E-state index contributed by atoms with van der Waals surface area (Å²) in [5.41, 5.74) is 2.91. The topological polar surface area (TPSA) is 12.0 Å². The van der Waals surface area contributed by atoms with E-state index in [1.807, 2.05) is 11.8 Å². The van der Waals surface area contributed by atoms with E-state index in [9.17, 15) is 0 Å². The molecule has 1 atom stereocenters. The van der Waals surface area contributed by atoms with E-state index < -0.39 is 0 Å². The molecule has 0 amide bonds. The third-order valence-electron chi connectivity index (χ3n) is 2.51. The molecule has 15 heavy (non-hydrogen) atoms. The summed E-state index contributed by atoms with van der Waals surface area (Å²) in [6, 6.07) is 9.15. The van der Waals surface area contributed by atoms with Gasteiger partial charge in [0.1, 0.15) is 0 Å². The summed E-state index contributed by atoms with van der Waals surface area (Å²) in [5.74, 6) is 2.29. The van der Waals surface area contributed by atoms with Gasteiger partial charge >= 0.3 is 0 Å². The minimum absolute atomic E-state index is 0.467. The highest BCUT2D eigenvalue weighted by Crippen LogP contribution is 2.31. The van der Waals surface area contributed by atoms with Crippen LogP contribution in [0.2, 0.25) is 0 Å². The van der Waals surface area contributed by atoms with E-state index in [0.717, 1.165) is 22.5 Å². The monoisotopic (exact) mass is 283 g/mol. The Balaban J connectivity index is 2.11. The van der Waals surface area contributed by atoms with Crippen LogP contribution in [0, 0.1) is 0 Å². The van der Waals surface area contributed by atoms with Crippen LogP contribution >= 0.6 is 27.7 Å². The molecule has 0 saturated carbocycles. The van der Waals surface area contributed by atoms with Crippen LogP contribution in [0.25, 0.3) is 0 Å². The summed E-state index contributed by atoms with van der Waals surface area (Å²) in [6.07, 6.45) is 0. The van der Waals surface area contributed by atoms with Gasteiger partial charge in [0.15, 0.2) is 0 Å². The largest absolute Gasteiger partial charge is 0.305 e. The predicted molar refractivity (Wildman–Crippen MR) is 71.4 cm³/mol. The molecule has 1 aliphatic rings. The SMILES string of the molecule is C=C(Br)CNC1CSCc2ccccc21. The third-order valence-corrected chi connectivity index (χ3v) is 3.88. The second-order valence-electron chi connectivity index (χ2n) is 3.66. The number of benzene rings is 1. The zero-order valence-electron chi connectivity index (χ0n) is 8.50. The van der Waals surface area contributed by atoms with Crippen LogP contribution in [0.5, 0.6) is 0 Å². The van der Waals surface area contributed by atoms with Gasteiger partial charge in [-0.05, 0) is 11.1 Å². The van der Waals surface area contributed by atoms with E-state index in [4.69, 9.17) is 0 Å². The number of hydrogen-bond acceptors (Lipinski definition) is 2. The molecule has 0 radical (unpaired) electrons. The van der Waals surface area contributed by atoms with Crippen molar-refractivity contribution >= 4 is 27.7 Å². The summed E-state index contributed by atoms with van der Waals surface area (Å²) in [7, 11) is 0. The van der Waals surface area contributed by atoms with Crippen LogP contribution in [-0.2, 0) is 5.75 Å². The number of fused-ring (bicyclic) bond motifs is 1. The molecular weight excluding hydrogens is 270 g/mol. The standard InChI is InChI=1S/C12H14BrNS/c1-9(13)6-14-12-8-15-7-10-4-2-3-5-11(10)12/h2-5,12,14H,1,6-8H2. The smallest absolute Gasteiger partial charge is 0.0417 e. The quantitative estimate of drug-likeness (QED) is 0.912. The van der Waals surface area contributed by atoms with Gasteiger partial charge in [-0.25, -0.2) is 0 Å². The van der Waals surface area contributed by atoms with Crippen molar-refractivity contribution < 1.29 is 0 Å². The zero-order valence-corrected chi connectivity index (χ0v) is 10.9. The van der Waals surface area contributed by atoms with E-state index in [0.29, 0.717) is 6.04 Å². The molecule has 1 aromatic carbocycles. The highest BCUT2D eigenvalue weighted by atomic mass is 79.9. The Labute approximate surface area is 103 Å². The maximum absolute atomic E-state index is 3.84. The molecule has 0 spiro atoms. The Morgan fingerprint density at radius 1 is 1.53 bits per heavy atom. The van der Waals surface area contributed by atoms with Gasteiger partial charge in [-0.1, -0.05) is 46.8 Å². The Morgan fingerprint density at radius 3 is 3.13 bits per heavy atom. The molecule has 0 fully saturated rings. The lowest BCUT2D eigenvalue weighted by molar-refractivity contribution is 0.615. The maximum atomic E-state index is 3.84. The average molecular weight is 284 g/mol. The van der Waals surface area contributed by atoms with E-state index >= 15 is 0 Å². The summed E-state index contributed by atoms with van der Waals surface area (Å²) in [5, 5.41) is 3.51. The average Bonchev–Trinajstić information content (AvgIpc) is 2.26. The number of halogens is 1. The molecule has 0 saturated heterocycles. The minimum atomic E-state index is 0.467. The summed E-state index contributed by atoms with van der Waals surface area (Å²) in [4.78, 5) is 0. The van der Waals surface area contributed by atoms with Crippen molar-refractivity contribution in [1.29, 1.82) is 0 Å². The molecule has 1 N–H and O–H groups in total. The van der Waals surface area contributed by atoms with Gasteiger partial charge in [-0.15, -0.1) is 0 Å². The maximum Gasteiger partial charge on any atom is 0.0417 e. The molecular formula is C12H14BrNS. The van der Waals surface area contributed by atoms with Gasteiger partial charge in [0.25, 0.3) is 0 Å². The minimum Gasteiger partial charge on any atom is -0.305 e. The van der Waals surface area contributed by atoms with Crippen LogP contribution in [0.4, 0.5) is 0 Å². The highest BCUT2D eigenvalue weighted by molar-refractivity contribution is 9.11. The van der Waals surface area contributed by atoms with Crippen molar-refractivity contribution in [3.05, 3.63) is 46.5 Å². The lowest BCUT2D eigenvalue weighted by atomic mass is 10.0. The second kappa shape index (κ2) is 5.19. The molecule has 1 heterocycles. The molecule has 0 aromatic heterocycles. The van der Waals surface area contributed by atoms with Crippen LogP contribution in [0.3, 0.4) is 0 Å². The fourth-order valence-electron chi connectivity index (χ4n) is 1.78. The van der Waals surface area contributed by atoms with Crippen molar-refractivity contribution in [2.24, 2.45) is 0 Å². The summed E-state index contributed by atoms with van der Waals surface area (Å²) >= 11 is 5.37.